The van der Waals surface area contributed by atoms with Crippen LogP contribution in [0, 0.1) is 18.6 Å². The van der Waals surface area contributed by atoms with Crippen LogP contribution in [0.15, 0.2) is 73.0 Å². The fourth-order valence-electron chi connectivity index (χ4n) is 2.93. The molecule has 0 bridgehead atoms. The molecule has 0 aliphatic rings. The number of nitrogens with zero attached hydrogens (tertiary/aromatic N) is 1. The molecule has 0 aliphatic carbocycles. The van der Waals surface area contributed by atoms with E-state index in [4.69, 9.17) is 0 Å². The summed E-state index contributed by atoms with van der Waals surface area (Å²) in [6, 6.07) is 12.0. The number of allylic oxidation sites excluding steroid dienone is 2. The quantitative estimate of drug-likeness (QED) is 0.400. The molecule has 0 aliphatic heterocycles. The number of carbonyl (C=O) groups excluding carboxylic acids is 1. The van der Waals surface area contributed by atoms with Crippen molar-refractivity contribution in [1.29, 1.82) is 0 Å². The van der Waals surface area contributed by atoms with Crippen molar-refractivity contribution in [2.24, 2.45) is 0 Å². The lowest BCUT2D eigenvalue weighted by molar-refractivity contribution is 0.101. The second kappa shape index (κ2) is 8.69. The summed E-state index contributed by atoms with van der Waals surface area (Å²) >= 11 is 0. The Kier molecular flexibility index (Phi) is 6.06. The van der Waals surface area contributed by atoms with Gasteiger partial charge in [-0.25, -0.2) is 13.8 Å². The third-order valence-corrected chi connectivity index (χ3v) is 4.42. The highest BCUT2D eigenvalue weighted by atomic mass is 19.1. The van der Waals surface area contributed by atoms with Gasteiger partial charge in [0.15, 0.2) is 0 Å². The highest BCUT2D eigenvalue weighted by Gasteiger charge is 2.17. The van der Waals surface area contributed by atoms with E-state index in [1.807, 2.05) is 19.1 Å². The third-order valence-electron chi connectivity index (χ3n) is 4.42. The van der Waals surface area contributed by atoms with Crippen molar-refractivity contribution in [2.45, 2.75) is 13.8 Å². The molecule has 2 N–H and O–H groups in total. The molecular formula is C24H20F2N2O2. The first kappa shape index (κ1) is 20.9. The number of rotatable bonds is 5. The molecule has 0 radical (unpaired) electrons. The molecule has 0 fully saturated rings. The van der Waals surface area contributed by atoms with Crippen LogP contribution < -0.4 is 5.32 Å². The standard InChI is InChI=1S/C24H20F2N2O2/c1-14(2)11-21(29)16-8-7-15(3)18(12-16)17-9-10-22(27-13-17)28-24(30)23-19(25)5-4-6-20(23)26/h4-13,29H,1H2,2-3H3,(H,27,28,30)/b21-11-. The van der Waals surface area contributed by atoms with E-state index in [9.17, 15) is 18.7 Å². The summed E-state index contributed by atoms with van der Waals surface area (Å²) < 4.78 is 27.5. The number of aliphatic hydroxyl groups excluding tert-OH is 1. The van der Waals surface area contributed by atoms with Gasteiger partial charge in [-0.15, -0.1) is 0 Å². The third kappa shape index (κ3) is 4.60. The van der Waals surface area contributed by atoms with Gasteiger partial charge in [0.2, 0.25) is 0 Å². The van der Waals surface area contributed by atoms with E-state index in [-0.39, 0.29) is 11.6 Å². The first-order valence-electron chi connectivity index (χ1n) is 9.15. The molecule has 1 aromatic heterocycles. The number of hydrogen-bond acceptors (Lipinski definition) is 3. The number of halogens is 2. The van der Waals surface area contributed by atoms with Gasteiger partial charge in [0.05, 0.1) is 0 Å². The topological polar surface area (TPSA) is 62.2 Å². The van der Waals surface area contributed by atoms with Crippen LogP contribution in [0.3, 0.4) is 0 Å². The maximum atomic E-state index is 13.8. The molecule has 152 valence electrons. The summed E-state index contributed by atoms with van der Waals surface area (Å²) in [6.07, 6.45) is 3.12. The number of aryl methyl sites for hydroxylation is 1. The van der Waals surface area contributed by atoms with Gasteiger partial charge in [0.25, 0.3) is 5.91 Å². The van der Waals surface area contributed by atoms with Gasteiger partial charge >= 0.3 is 0 Å². The average molecular weight is 406 g/mol. The van der Waals surface area contributed by atoms with Crippen LogP contribution in [0.1, 0.15) is 28.4 Å². The Balaban J connectivity index is 1.86. The Hall–Kier alpha value is -3.80. The summed E-state index contributed by atoms with van der Waals surface area (Å²) in [5, 5.41) is 12.6. The molecule has 4 nitrogen and oxygen atoms in total. The van der Waals surface area contributed by atoms with Crippen LogP contribution in [0.2, 0.25) is 0 Å². The van der Waals surface area contributed by atoms with Gasteiger partial charge in [-0.2, -0.15) is 0 Å². The second-order valence-electron chi connectivity index (χ2n) is 6.89. The highest BCUT2D eigenvalue weighted by molar-refractivity contribution is 6.04. The maximum Gasteiger partial charge on any atom is 0.262 e. The Morgan fingerprint density at radius 3 is 2.43 bits per heavy atom. The van der Waals surface area contributed by atoms with Crippen molar-refractivity contribution >= 4 is 17.5 Å². The minimum atomic E-state index is -0.945. The van der Waals surface area contributed by atoms with E-state index in [0.29, 0.717) is 5.56 Å². The van der Waals surface area contributed by atoms with Crippen molar-refractivity contribution in [2.75, 3.05) is 5.32 Å². The molecule has 0 spiro atoms. The summed E-state index contributed by atoms with van der Waals surface area (Å²) in [5.41, 5.74) is 3.27. The lowest BCUT2D eigenvalue weighted by atomic mass is 9.98. The van der Waals surface area contributed by atoms with Gasteiger partial charge < -0.3 is 10.4 Å². The van der Waals surface area contributed by atoms with Crippen LogP contribution >= 0.6 is 0 Å². The van der Waals surface area contributed by atoms with E-state index in [1.165, 1.54) is 6.07 Å². The predicted octanol–water partition coefficient (Wildman–Crippen LogP) is 6.06. The molecular weight excluding hydrogens is 386 g/mol. The minimum absolute atomic E-state index is 0.104. The Morgan fingerprint density at radius 2 is 1.83 bits per heavy atom. The normalized spacial score (nSPS) is 11.3. The van der Waals surface area contributed by atoms with Crippen molar-refractivity contribution in [3.05, 3.63) is 101 Å². The van der Waals surface area contributed by atoms with Gasteiger partial charge in [0, 0.05) is 17.3 Å². The summed E-state index contributed by atoms with van der Waals surface area (Å²) in [5.74, 6) is -2.55. The molecule has 2 aromatic carbocycles. The maximum absolute atomic E-state index is 13.8. The monoisotopic (exact) mass is 406 g/mol. The number of benzene rings is 2. The fraction of sp³-hybridized carbons (Fsp3) is 0.0833. The number of hydrogen-bond donors (Lipinski definition) is 2. The van der Waals surface area contributed by atoms with Crippen molar-refractivity contribution in [3.63, 3.8) is 0 Å². The molecule has 3 rings (SSSR count). The molecule has 0 saturated carbocycles. The molecule has 1 amide bonds. The number of nitrogens with one attached hydrogen (secondary N) is 1. The molecule has 6 heteroatoms. The average Bonchev–Trinajstić information content (AvgIpc) is 2.68. The Bertz CT molecular complexity index is 1130. The first-order chi connectivity index (χ1) is 14.3. The number of aromatic nitrogens is 1. The lowest BCUT2D eigenvalue weighted by Gasteiger charge is -2.11. The molecule has 0 unspecified atom stereocenters. The van der Waals surface area contributed by atoms with E-state index in [2.05, 4.69) is 16.9 Å². The molecule has 0 saturated heterocycles. The highest BCUT2D eigenvalue weighted by Crippen LogP contribution is 2.27. The van der Waals surface area contributed by atoms with Gasteiger partial charge in [-0.3, -0.25) is 4.79 Å². The predicted molar refractivity (Wildman–Crippen MR) is 114 cm³/mol. The molecule has 3 aromatic rings. The van der Waals surface area contributed by atoms with Crippen LogP contribution in [-0.4, -0.2) is 16.0 Å². The molecule has 30 heavy (non-hydrogen) atoms. The number of anilines is 1. The smallest absolute Gasteiger partial charge is 0.262 e. The Morgan fingerprint density at radius 1 is 1.13 bits per heavy atom. The van der Waals surface area contributed by atoms with Crippen molar-refractivity contribution in [3.8, 4) is 11.1 Å². The first-order valence-corrected chi connectivity index (χ1v) is 9.15. The fourth-order valence-corrected chi connectivity index (χ4v) is 2.93. The zero-order valence-electron chi connectivity index (χ0n) is 16.5. The van der Waals surface area contributed by atoms with Crippen LogP contribution in [0.4, 0.5) is 14.6 Å². The zero-order valence-corrected chi connectivity index (χ0v) is 16.5. The van der Waals surface area contributed by atoms with Crippen molar-refractivity contribution in [1.82, 2.24) is 4.98 Å². The van der Waals surface area contributed by atoms with Gasteiger partial charge in [-0.1, -0.05) is 30.4 Å². The van der Waals surface area contributed by atoms with Gasteiger partial charge in [0.1, 0.15) is 28.8 Å². The van der Waals surface area contributed by atoms with Crippen LogP contribution in [0.5, 0.6) is 0 Å². The van der Waals surface area contributed by atoms with Crippen LogP contribution in [0.25, 0.3) is 16.9 Å². The number of carbonyl (C=O) groups is 1. The molecule has 1 heterocycles. The van der Waals surface area contributed by atoms with Crippen molar-refractivity contribution < 1.29 is 18.7 Å². The SMILES string of the molecule is C=C(C)/C=C(\O)c1ccc(C)c(-c2ccc(NC(=O)c3c(F)cccc3F)nc2)c1. The summed E-state index contributed by atoms with van der Waals surface area (Å²) in [6.45, 7) is 7.47. The van der Waals surface area contributed by atoms with Crippen LogP contribution in [-0.2, 0) is 0 Å². The second-order valence-corrected chi connectivity index (χ2v) is 6.89. The lowest BCUT2D eigenvalue weighted by Crippen LogP contribution is -2.16. The largest absolute Gasteiger partial charge is 0.507 e. The number of amides is 1. The molecule has 0 atom stereocenters. The van der Waals surface area contributed by atoms with Gasteiger partial charge in [-0.05, 0) is 61.4 Å². The minimum Gasteiger partial charge on any atom is -0.507 e. The zero-order chi connectivity index (χ0) is 21.8. The van der Waals surface area contributed by atoms with E-state index in [0.717, 1.165) is 34.4 Å². The Labute approximate surface area is 173 Å². The summed E-state index contributed by atoms with van der Waals surface area (Å²) in [7, 11) is 0. The van der Waals surface area contributed by atoms with E-state index in [1.54, 1.807) is 37.4 Å². The number of aliphatic hydroxyl groups is 1. The van der Waals surface area contributed by atoms with E-state index < -0.39 is 23.1 Å². The van der Waals surface area contributed by atoms with E-state index >= 15 is 0 Å². The number of pyridine rings is 1. The summed E-state index contributed by atoms with van der Waals surface area (Å²) in [4.78, 5) is 16.4.